The first-order valence-corrected chi connectivity index (χ1v) is 9.89. The number of carboxylic acid groups (broad SMARTS) is 1. The van der Waals surface area contributed by atoms with Crippen LogP contribution in [-0.4, -0.2) is 61.4 Å². The largest absolute Gasteiger partial charge is 0.480 e. The van der Waals surface area contributed by atoms with Crippen molar-refractivity contribution in [1.29, 1.82) is 0 Å². The maximum absolute atomic E-state index is 12.0. The second-order valence-corrected chi connectivity index (χ2v) is 7.37. The number of hydrogen-bond acceptors (Lipinski definition) is 9. The normalized spacial score (nSPS) is 11.5. The lowest BCUT2D eigenvalue weighted by molar-refractivity contribution is -0.140. The van der Waals surface area contributed by atoms with E-state index in [2.05, 4.69) is 25.6 Å². The van der Waals surface area contributed by atoms with Gasteiger partial charge in [0.05, 0.1) is 6.61 Å². The molecule has 30 heavy (non-hydrogen) atoms. The molecule has 11 nitrogen and oxygen atoms in total. The topological polar surface area (TPSA) is 164 Å². The van der Waals surface area contributed by atoms with Gasteiger partial charge in [0.2, 0.25) is 5.95 Å². The Morgan fingerprint density at radius 3 is 2.30 bits per heavy atom. The zero-order chi connectivity index (χ0) is 22.9. The predicted molar refractivity (Wildman–Crippen MR) is 110 cm³/mol. The van der Waals surface area contributed by atoms with E-state index in [0.29, 0.717) is 10.6 Å². The lowest BCUT2D eigenvalue weighted by Crippen LogP contribution is -2.43. The minimum absolute atomic E-state index is 0.00402. The highest BCUT2D eigenvalue weighted by Gasteiger charge is 2.21. The van der Waals surface area contributed by atoms with E-state index in [1.54, 1.807) is 20.8 Å². The summed E-state index contributed by atoms with van der Waals surface area (Å²) in [5, 5.41) is 24.2. The molecule has 0 spiro atoms. The third-order valence-corrected chi connectivity index (χ3v) is 3.93. The smallest absolute Gasteiger partial charge is 0.414 e. The first-order chi connectivity index (χ1) is 14.1. The number of nitrogens with one attached hydrogen (secondary N) is 2. The van der Waals surface area contributed by atoms with Crippen molar-refractivity contribution in [2.45, 2.75) is 46.3 Å². The molecule has 0 bridgehead atoms. The van der Waals surface area contributed by atoms with Crippen LogP contribution in [0.15, 0.2) is 17.8 Å². The Bertz CT molecular complexity index is 863. The third-order valence-electron chi connectivity index (χ3n) is 3.03. The zero-order valence-electron chi connectivity index (χ0n) is 17.3. The summed E-state index contributed by atoms with van der Waals surface area (Å²) in [5.41, 5.74) is -0.163. The molecule has 2 aromatic heterocycles. The lowest BCUT2D eigenvalue weighted by Gasteiger charge is -2.19. The number of hydrogen-bond donors (Lipinski definition) is 4. The van der Waals surface area contributed by atoms with E-state index >= 15 is 0 Å². The van der Waals surface area contributed by atoms with Crippen LogP contribution < -0.4 is 10.6 Å². The third kappa shape index (κ3) is 7.72. The van der Waals surface area contributed by atoms with Crippen LogP contribution in [0.25, 0.3) is 10.6 Å². The molecule has 164 valence electrons. The molecule has 1 atom stereocenters. The van der Waals surface area contributed by atoms with Gasteiger partial charge in [-0.25, -0.2) is 24.5 Å². The van der Waals surface area contributed by atoms with Crippen LogP contribution in [0.4, 0.5) is 10.7 Å². The van der Waals surface area contributed by atoms with Gasteiger partial charge in [0.1, 0.15) is 16.3 Å². The highest BCUT2D eigenvalue weighted by Crippen LogP contribution is 2.23. The minimum atomic E-state index is -1.42. The number of rotatable bonds is 6. The van der Waals surface area contributed by atoms with Crippen molar-refractivity contribution in [3.05, 3.63) is 23.5 Å². The van der Waals surface area contributed by atoms with Gasteiger partial charge >= 0.3 is 12.1 Å². The van der Waals surface area contributed by atoms with Gasteiger partial charge in [-0.1, -0.05) is 13.8 Å². The van der Waals surface area contributed by atoms with Gasteiger partial charge in [0, 0.05) is 23.3 Å². The molecule has 0 saturated heterocycles. The SMILES string of the molecule is CC.CC(C)(C)OC(=O)Nc1ncc(-c2nc(C(=O)NC(CO)C(=O)O)cs2)cn1. The summed E-state index contributed by atoms with van der Waals surface area (Å²) in [6, 6.07) is -1.42. The van der Waals surface area contributed by atoms with Crippen LogP contribution in [0.5, 0.6) is 0 Å². The molecular weight excluding hydrogens is 414 g/mol. The molecular formula is C18H25N5O6S. The van der Waals surface area contributed by atoms with Crippen molar-refractivity contribution in [3.63, 3.8) is 0 Å². The Morgan fingerprint density at radius 1 is 1.20 bits per heavy atom. The molecule has 0 fully saturated rings. The van der Waals surface area contributed by atoms with Crippen LogP contribution in [0, 0.1) is 0 Å². The number of anilines is 1. The van der Waals surface area contributed by atoms with Crippen LogP contribution in [0.1, 0.15) is 45.1 Å². The van der Waals surface area contributed by atoms with Crippen molar-refractivity contribution in [3.8, 4) is 10.6 Å². The Labute approximate surface area is 177 Å². The number of carbonyl (C=O) groups is 3. The second-order valence-electron chi connectivity index (χ2n) is 6.51. The van der Waals surface area contributed by atoms with Crippen LogP contribution in [0.3, 0.4) is 0 Å². The monoisotopic (exact) mass is 439 g/mol. The van der Waals surface area contributed by atoms with E-state index in [9.17, 15) is 14.4 Å². The standard InChI is InChI=1S/C16H19N5O6S.C2H6/c1-16(2,3)27-15(26)21-14-17-4-8(5-18-14)12-20-10(7-28-12)11(23)19-9(6-22)13(24)25;1-2/h4-5,7,9,22H,6H2,1-3H3,(H,19,23)(H,24,25)(H,17,18,21,26);1-2H3. The number of thiazole rings is 1. The molecule has 12 heteroatoms. The fourth-order valence-electron chi connectivity index (χ4n) is 1.83. The number of aliphatic carboxylic acids is 1. The van der Waals surface area contributed by atoms with E-state index in [-0.39, 0.29) is 11.6 Å². The van der Waals surface area contributed by atoms with Crippen LogP contribution >= 0.6 is 11.3 Å². The average molecular weight is 439 g/mol. The van der Waals surface area contributed by atoms with Crippen LogP contribution in [-0.2, 0) is 9.53 Å². The maximum atomic E-state index is 12.0. The summed E-state index contributed by atoms with van der Waals surface area (Å²) in [6.07, 6.45) is 2.13. The fraction of sp³-hybridized carbons (Fsp3) is 0.444. The molecule has 1 unspecified atom stereocenters. The number of carbonyl (C=O) groups excluding carboxylic acids is 2. The van der Waals surface area contributed by atoms with Crippen molar-refractivity contribution < 1.29 is 29.3 Å². The highest BCUT2D eigenvalue weighted by molar-refractivity contribution is 7.13. The van der Waals surface area contributed by atoms with E-state index in [0.717, 1.165) is 11.3 Å². The van der Waals surface area contributed by atoms with Gasteiger partial charge in [-0.3, -0.25) is 10.1 Å². The molecule has 0 aliphatic heterocycles. The van der Waals surface area contributed by atoms with E-state index < -0.39 is 36.2 Å². The van der Waals surface area contributed by atoms with Gasteiger partial charge in [-0.05, 0) is 20.8 Å². The number of aliphatic hydroxyl groups excluding tert-OH is 1. The molecule has 2 heterocycles. The average Bonchev–Trinajstić information content (AvgIpc) is 3.16. The second kappa shape index (κ2) is 11.2. The van der Waals surface area contributed by atoms with E-state index in [4.69, 9.17) is 14.9 Å². The Morgan fingerprint density at radius 2 is 1.80 bits per heavy atom. The summed E-state index contributed by atoms with van der Waals surface area (Å²) in [5.74, 6) is -2.04. The number of amides is 2. The van der Waals surface area contributed by atoms with Gasteiger partial charge in [0.15, 0.2) is 6.04 Å². The number of nitrogens with zero attached hydrogens (tertiary/aromatic N) is 3. The Balaban J connectivity index is 0.00000218. The van der Waals surface area contributed by atoms with Gasteiger partial charge in [-0.2, -0.15) is 0 Å². The number of ether oxygens (including phenoxy) is 1. The molecule has 2 rings (SSSR count). The predicted octanol–water partition coefficient (Wildman–Crippen LogP) is 2.15. The van der Waals surface area contributed by atoms with Gasteiger partial charge < -0.3 is 20.3 Å². The zero-order valence-corrected chi connectivity index (χ0v) is 18.1. The lowest BCUT2D eigenvalue weighted by atomic mass is 10.2. The first kappa shape index (κ1) is 24.9. The summed E-state index contributed by atoms with van der Waals surface area (Å²) in [4.78, 5) is 46.7. The van der Waals surface area contributed by atoms with Crippen molar-refractivity contribution >= 4 is 35.3 Å². The quantitative estimate of drug-likeness (QED) is 0.528. The first-order valence-electron chi connectivity index (χ1n) is 9.01. The summed E-state index contributed by atoms with van der Waals surface area (Å²) in [6.45, 7) is 8.45. The van der Waals surface area contributed by atoms with Crippen molar-refractivity contribution in [2.24, 2.45) is 0 Å². The van der Waals surface area contributed by atoms with Crippen molar-refractivity contribution in [2.75, 3.05) is 11.9 Å². The molecule has 0 saturated carbocycles. The summed E-state index contributed by atoms with van der Waals surface area (Å²) < 4.78 is 5.10. The molecule has 0 aromatic carbocycles. The highest BCUT2D eigenvalue weighted by atomic mass is 32.1. The fourth-order valence-corrected chi connectivity index (χ4v) is 2.60. The molecule has 0 aliphatic rings. The van der Waals surface area contributed by atoms with Crippen LogP contribution in [0.2, 0.25) is 0 Å². The molecule has 0 aliphatic carbocycles. The Hall–Kier alpha value is -3.12. The summed E-state index contributed by atoms with van der Waals surface area (Å²) in [7, 11) is 0. The molecule has 2 amide bonds. The maximum Gasteiger partial charge on any atom is 0.414 e. The number of aromatic nitrogens is 3. The van der Waals surface area contributed by atoms with Gasteiger partial charge in [0.25, 0.3) is 5.91 Å². The van der Waals surface area contributed by atoms with Crippen molar-refractivity contribution in [1.82, 2.24) is 20.3 Å². The molecule has 0 radical (unpaired) electrons. The number of aliphatic hydroxyl groups is 1. The van der Waals surface area contributed by atoms with E-state index in [1.165, 1.54) is 17.8 Å². The summed E-state index contributed by atoms with van der Waals surface area (Å²) >= 11 is 1.13. The molecule has 4 N–H and O–H groups in total. The van der Waals surface area contributed by atoms with E-state index in [1.807, 2.05) is 13.8 Å². The number of carboxylic acids is 1. The van der Waals surface area contributed by atoms with Gasteiger partial charge in [-0.15, -0.1) is 11.3 Å². The molecule has 2 aromatic rings. The Kier molecular flexibility index (Phi) is 9.27. The minimum Gasteiger partial charge on any atom is -0.480 e.